The summed E-state index contributed by atoms with van der Waals surface area (Å²) in [7, 11) is 1.56. The summed E-state index contributed by atoms with van der Waals surface area (Å²) in [5.41, 5.74) is 2.02. The van der Waals surface area contributed by atoms with Crippen LogP contribution in [0.25, 0.3) is 11.5 Å². The number of benzene rings is 1. The lowest BCUT2D eigenvalue weighted by atomic mass is 10.2. The molecule has 1 atom stereocenters. The van der Waals surface area contributed by atoms with E-state index in [2.05, 4.69) is 15.6 Å². The molecule has 168 valence electrons. The Hall–Kier alpha value is -3.43. The van der Waals surface area contributed by atoms with Crippen LogP contribution in [0.5, 0.6) is 0 Å². The number of oxazole rings is 1. The number of hydrogen-bond donors (Lipinski definition) is 2. The minimum atomic E-state index is -0.378. The molecule has 0 bridgehead atoms. The molecule has 1 aliphatic rings. The van der Waals surface area contributed by atoms with Gasteiger partial charge in [0.1, 0.15) is 29.9 Å². The summed E-state index contributed by atoms with van der Waals surface area (Å²) in [5.74, 6) is 1.38. The Kier molecular flexibility index (Phi) is 6.67. The Labute approximate surface area is 185 Å². The number of carbonyl (C=O) groups excluding carboxylic acids is 2. The van der Waals surface area contributed by atoms with Gasteiger partial charge in [0.25, 0.3) is 5.91 Å². The number of amides is 2. The highest BCUT2D eigenvalue weighted by Crippen LogP contribution is 2.24. The molecule has 1 unspecified atom stereocenters. The maximum absolute atomic E-state index is 12.3. The van der Waals surface area contributed by atoms with Gasteiger partial charge in [-0.1, -0.05) is 0 Å². The molecule has 4 rings (SSSR count). The first-order chi connectivity index (χ1) is 15.5. The average molecular weight is 439 g/mol. The average Bonchev–Trinajstić information content (AvgIpc) is 3.54. The minimum absolute atomic E-state index is 0.127. The SMILES string of the molecule is COCc1ccc(C(=O)Nc2ccc(-c3nc(CNC(=O)C4CCCO4)c(C)o3)cc2)o1. The van der Waals surface area contributed by atoms with Gasteiger partial charge in [-0.15, -0.1) is 0 Å². The van der Waals surface area contributed by atoms with Crippen LogP contribution in [-0.2, 0) is 27.4 Å². The van der Waals surface area contributed by atoms with Crippen molar-refractivity contribution in [2.45, 2.75) is 39.0 Å². The molecule has 3 aromatic rings. The van der Waals surface area contributed by atoms with E-state index in [1.54, 1.807) is 50.4 Å². The molecule has 1 aromatic carbocycles. The Morgan fingerprint density at radius 3 is 2.69 bits per heavy atom. The van der Waals surface area contributed by atoms with Gasteiger partial charge in [-0.25, -0.2) is 4.98 Å². The number of anilines is 1. The molecule has 2 aromatic heterocycles. The van der Waals surface area contributed by atoms with Crippen molar-refractivity contribution in [2.75, 3.05) is 19.0 Å². The molecular formula is C23H25N3O6. The van der Waals surface area contributed by atoms with E-state index in [9.17, 15) is 9.59 Å². The summed E-state index contributed by atoms with van der Waals surface area (Å²) in [6, 6.07) is 10.4. The lowest BCUT2D eigenvalue weighted by Gasteiger charge is -2.09. The third-order valence-corrected chi connectivity index (χ3v) is 5.11. The number of furan rings is 1. The summed E-state index contributed by atoms with van der Waals surface area (Å²) >= 11 is 0. The molecular weight excluding hydrogens is 414 g/mol. The molecule has 9 nitrogen and oxygen atoms in total. The first kappa shape index (κ1) is 21.8. The smallest absolute Gasteiger partial charge is 0.291 e. The van der Waals surface area contributed by atoms with Gasteiger partial charge in [0, 0.05) is 25.0 Å². The second-order valence-electron chi connectivity index (χ2n) is 7.47. The Balaban J connectivity index is 1.36. The zero-order chi connectivity index (χ0) is 22.5. The second-order valence-corrected chi connectivity index (χ2v) is 7.47. The number of hydrogen-bond acceptors (Lipinski definition) is 7. The van der Waals surface area contributed by atoms with E-state index < -0.39 is 0 Å². The molecule has 0 saturated carbocycles. The van der Waals surface area contributed by atoms with E-state index in [-0.39, 0.29) is 30.2 Å². The van der Waals surface area contributed by atoms with Crippen molar-refractivity contribution in [3.63, 3.8) is 0 Å². The Bertz CT molecular complexity index is 1080. The molecule has 3 heterocycles. The molecule has 9 heteroatoms. The van der Waals surface area contributed by atoms with Crippen molar-refractivity contribution in [1.29, 1.82) is 0 Å². The van der Waals surface area contributed by atoms with Crippen LogP contribution in [0.15, 0.2) is 45.2 Å². The molecule has 32 heavy (non-hydrogen) atoms. The Morgan fingerprint density at radius 2 is 1.97 bits per heavy atom. The fourth-order valence-corrected chi connectivity index (χ4v) is 3.39. The fraction of sp³-hybridized carbons (Fsp3) is 0.348. The standard InChI is InChI=1S/C23H25N3O6/c1-14-18(12-24-21(27)19-4-3-11-30-19)26-23(31-14)15-5-7-16(8-6-15)25-22(28)20-10-9-17(32-20)13-29-2/h5-10,19H,3-4,11-13H2,1-2H3,(H,24,27)(H,25,28). The summed E-state index contributed by atoms with van der Waals surface area (Å²) in [5, 5.41) is 5.64. The van der Waals surface area contributed by atoms with E-state index in [0.717, 1.165) is 18.4 Å². The van der Waals surface area contributed by atoms with Crippen LogP contribution < -0.4 is 10.6 Å². The summed E-state index contributed by atoms with van der Waals surface area (Å²) in [6.45, 7) is 3.01. The number of methoxy groups -OCH3 is 1. The monoisotopic (exact) mass is 439 g/mol. The summed E-state index contributed by atoms with van der Waals surface area (Å²) < 4.78 is 21.6. The molecule has 0 aliphatic carbocycles. The van der Waals surface area contributed by atoms with Gasteiger partial charge in [-0.05, 0) is 56.2 Å². The quantitative estimate of drug-likeness (QED) is 0.552. The molecule has 2 N–H and O–H groups in total. The topological polar surface area (TPSA) is 116 Å². The van der Waals surface area contributed by atoms with Gasteiger partial charge >= 0.3 is 0 Å². The lowest BCUT2D eigenvalue weighted by molar-refractivity contribution is -0.130. The predicted molar refractivity (Wildman–Crippen MR) is 115 cm³/mol. The van der Waals surface area contributed by atoms with Crippen LogP contribution in [0.2, 0.25) is 0 Å². The molecule has 2 amide bonds. The highest BCUT2D eigenvalue weighted by molar-refractivity contribution is 6.02. The highest BCUT2D eigenvalue weighted by Gasteiger charge is 2.24. The number of nitrogens with one attached hydrogen (secondary N) is 2. The molecule has 0 spiro atoms. The third kappa shape index (κ3) is 5.06. The third-order valence-electron chi connectivity index (χ3n) is 5.11. The largest absolute Gasteiger partial charge is 0.453 e. The van der Waals surface area contributed by atoms with E-state index in [1.165, 1.54) is 0 Å². The number of rotatable bonds is 8. The number of aromatic nitrogens is 1. The van der Waals surface area contributed by atoms with E-state index in [0.29, 0.717) is 42.0 Å². The maximum Gasteiger partial charge on any atom is 0.291 e. The summed E-state index contributed by atoms with van der Waals surface area (Å²) in [4.78, 5) is 29.0. The number of carbonyl (C=O) groups is 2. The molecule has 0 radical (unpaired) electrons. The van der Waals surface area contributed by atoms with Gasteiger partial charge < -0.3 is 28.9 Å². The summed E-state index contributed by atoms with van der Waals surface area (Å²) in [6.07, 6.45) is 1.27. The molecule has 1 fully saturated rings. The molecule has 1 saturated heterocycles. The first-order valence-electron chi connectivity index (χ1n) is 10.4. The predicted octanol–water partition coefficient (Wildman–Crippen LogP) is 3.44. The first-order valence-corrected chi connectivity index (χ1v) is 10.4. The van der Waals surface area contributed by atoms with Gasteiger partial charge in [0.05, 0.1) is 6.54 Å². The Morgan fingerprint density at radius 1 is 1.16 bits per heavy atom. The number of nitrogens with zero attached hydrogens (tertiary/aromatic N) is 1. The molecule has 1 aliphatic heterocycles. The zero-order valence-electron chi connectivity index (χ0n) is 18.0. The number of ether oxygens (including phenoxy) is 2. The van der Waals surface area contributed by atoms with Gasteiger partial charge in [0.15, 0.2) is 5.76 Å². The van der Waals surface area contributed by atoms with Crippen molar-refractivity contribution in [3.8, 4) is 11.5 Å². The van der Waals surface area contributed by atoms with Gasteiger partial charge in [0.2, 0.25) is 11.8 Å². The van der Waals surface area contributed by atoms with Crippen LogP contribution in [0.3, 0.4) is 0 Å². The van der Waals surface area contributed by atoms with Crippen LogP contribution in [0, 0.1) is 6.92 Å². The maximum atomic E-state index is 12.3. The highest BCUT2D eigenvalue weighted by atomic mass is 16.5. The van der Waals surface area contributed by atoms with Gasteiger partial charge in [-0.3, -0.25) is 9.59 Å². The van der Waals surface area contributed by atoms with Crippen molar-refractivity contribution in [2.24, 2.45) is 0 Å². The van der Waals surface area contributed by atoms with Crippen LogP contribution in [0.1, 0.15) is 40.6 Å². The van der Waals surface area contributed by atoms with E-state index in [1.807, 2.05) is 0 Å². The zero-order valence-corrected chi connectivity index (χ0v) is 18.0. The van der Waals surface area contributed by atoms with Crippen molar-refractivity contribution < 1.29 is 27.9 Å². The van der Waals surface area contributed by atoms with Crippen molar-refractivity contribution in [3.05, 3.63) is 59.4 Å². The van der Waals surface area contributed by atoms with Crippen LogP contribution in [0.4, 0.5) is 5.69 Å². The fourth-order valence-electron chi connectivity index (χ4n) is 3.39. The van der Waals surface area contributed by atoms with Crippen LogP contribution in [-0.4, -0.2) is 36.6 Å². The van der Waals surface area contributed by atoms with Gasteiger partial charge in [-0.2, -0.15) is 0 Å². The van der Waals surface area contributed by atoms with Crippen molar-refractivity contribution in [1.82, 2.24) is 10.3 Å². The van der Waals surface area contributed by atoms with Crippen molar-refractivity contribution >= 4 is 17.5 Å². The van der Waals surface area contributed by atoms with E-state index >= 15 is 0 Å². The van der Waals surface area contributed by atoms with E-state index in [4.69, 9.17) is 18.3 Å². The number of aryl methyl sites for hydroxylation is 1. The minimum Gasteiger partial charge on any atom is -0.453 e. The normalized spacial score (nSPS) is 15.6. The van der Waals surface area contributed by atoms with Crippen LogP contribution >= 0.6 is 0 Å². The lowest BCUT2D eigenvalue weighted by Crippen LogP contribution is -2.33. The second kappa shape index (κ2) is 9.80.